The molecule has 1 rings (SSSR count). The lowest BCUT2D eigenvalue weighted by molar-refractivity contribution is -0.110. The number of hydrogen-bond acceptors (Lipinski definition) is 1. The van der Waals surface area contributed by atoms with Crippen molar-refractivity contribution in [2.45, 2.75) is 39.0 Å². The van der Waals surface area contributed by atoms with Crippen molar-refractivity contribution in [1.29, 1.82) is 0 Å². The third kappa shape index (κ3) is 2.54. The molecule has 0 saturated carbocycles. The van der Waals surface area contributed by atoms with E-state index in [2.05, 4.69) is 18.8 Å². The molecule has 0 atom stereocenters. The lowest BCUT2D eigenvalue weighted by Gasteiger charge is -1.89. The largest absolute Gasteiger partial charge is 0.280 e. The number of rotatable bonds is 2. The Labute approximate surface area is 73.9 Å². The van der Waals surface area contributed by atoms with Crippen LogP contribution in [0.4, 0.5) is 0 Å². The van der Waals surface area contributed by atoms with E-state index in [4.69, 9.17) is 0 Å². The highest BCUT2D eigenvalue weighted by atomic mass is 16.1. The Hall–Kier alpha value is -1.03. The zero-order valence-electron chi connectivity index (χ0n) is 7.52. The molecule has 64 valence electrons. The van der Waals surface area contributed by atoms with Crippen LogP contribution < -0.4 is 0 Å². The second-order valence-electron chi connectivity index (χ2n) is 3.00. The normalized spacial score (nSPS) is 14.9. The topological polar surface area (TPSA) is 17.1 Å². The van der Waals surface area contributed by atoms with Gasteiger partial charge in [0.25, 0.3) is 0 Å². The number of carbonyl (C=O) groups is 1. The second kappa shape index (κ2) is 4.77. The van der Waals surface area contributed by atoms with E-state index in [-0.39, 0.29) is 5.78 Å². The van der Waals surface area contributed by atoms with Crippen LogP contribution in [0.3, 0.4) is 0 Å². The fraction of sp³-hybridized carbons (Fsp3) is 0.545. The maximum atomic E-state index is 11.3. The van der Waals surface area contributed by atoms with Crippen LogP contribution in [0.5, 0.6) is 0 Å². The molecule has 0 aromatic carbocycles. The van der Waals surface area contributed by atoms with E-state index in [1.807, 2.05) is 6.08 Å². The van der Waals surface area contributed by atoms with Crippen LogP contribution in [-0.2, 0) is 4.79 Å². The third-order valence-corrected chi connectivity index (χ3v) is 1.91. The summed E-state index contributed by atoms with van der Waals surface area (Å²) in [7, 11) is 0. The van der Waals surface area contributed by atoms with Gasteiger partial charge < -0.3 is 0 Å². The lowest BCUT2D eigenvalue weighted by Crippen LogP contribution is -1.95. The Balaban J connectivity index is 2.44. The molecule has 0 spiro atoms. The summed E-state index contributed by atoms with van der Waals surface area (Å²) in [5.74, 6) is 5.58. The van der Waals surface area contributed by atoms with Crippen LogP contribution in [0, 0.1) is 11.8 Å². The molecule has 0 unspecified atom stereocenters. The first-order valence-corrected chi connectivity index (χ1v) is 4.57. The predicted octanol–water partition coefficient (Wildman–Crippen LogP) is 2.47. The first-order chi connectivity index (χ1) is 5.84. The molecule has 0 aromatic heterocycles. The van der Waals surface area contributed by atoms with Crippen molar-refractivity contribution in [3.05, 3.63) is 11.6 Å². The Bertz CT molecular complexity index is 250. The summed E-state index contributed by atoms with van der Waals surface area (Å²) >= 11 is 0. The summed E-state index contributed by atoms with van der Waals surface area (Å²) in [5.41, 5.74) is 0.929. The molecule has 0 heterocycles. The molecule has 0 N–H and O–H groups in total. The van der Waals surface area contributed by atoms with E-state index in [9.17, 15) is 4.79 Å². The van der Waals surface area contributed by atoms with Gasteiger partial charge in [-0.15, -0.1) is 0 Å². The fourth-order valence-electron chi connectivity index (χ4n) is 1.23. The molecule has 0 fully saturated rings. The molecule has 0 aliphatic heterocycles. The molecule has 0 saturated heterocycles. The Morgan fingerprint density at radius 2 is 2.50 bits per heavy atom. The van der Waals surface area contributed by atoms with Crippen molar-refractivity contribution in [3.63, 3.8) is 0 Å². The van der Waals surface area contributed by atoms with Gasteiger partial charge in [0.1, 0.15) is 0 Å². The molecule has 1 heteroatoms. The Morgan fingerprint density at radius 3 is 3.08 bits per heavy atom. The van der Waals surface area contributed by atoms with E-state index >= 15 is 0 Å². The Kier molecular flexibility index (Phi) is 3.60. The van der Waals surface area contributed by atoms with Crippen LogP contribution in [0.1, 0.15) is 39.0 Å². The fourth-order valence-corrected chi connectivity index (χ4v) is 1.23. The summed E-state index contributed by atoms with van der Waals surface area (Å²) < 4.78 is 0. The van der Waals surface area contributed by atoms with Crippen LogP contribution in [0.25, 0.3) is 0 Å². The first kappa shape index (κ1) is 9.06. The highest BCUT2D eigenvalue weighted by molar-refractivity contribution is 6.08. The third-order valence-electron chi connectivity index (χ3n) is 1.91. The van der Waals surface area contributed by atoms with Gasteiger partial charge in [0, 0.05) is 12.0 Å². The molecular formula is C11H14O. The molecule has 0 bridgehead atoms. The minimum Gasteiger partial charge on any atom is -0.280 e. The van der Waals surface area contributed by atoms with Crippen LogP contribution >= 0.6 is 0 Å². The van der Waals surface area contributed by atoms with E-state index in [1.54, 1.807) is 0 Å². The van der Waals surface area contributed by atoms with Crippen molar-refractivity contribution in [1.82, 2.24) is 0 Å². The van der Waals surface area contributed by atoms with Gasteiger partial charge in [-0.1, -0.05) is 18.9 Å². The van der Waals surface area contributed by atoms with Crippen LogP contribution in [0.2, 0.25) is 0 Å². The second-order valence-corrected chi connectivity index (χ2v) is 3.00. The molecular weight excluding hydrogens is 148 g/mol. The Morgan fingerprint density at radius 1 is 1.67 bits per heavy atom. The van der Waals surface area contributed by atoms with E-state index in [0.29, 0.717) is 0 Å². The number of carbonyl (C=O) groups excluding carboxylic acids is 1. The number of allylic oxidation sites excluding steroid dienone is 2. The van der Waals surface area contributed by atoms with Crippen LogP contribution in [-0.4, -0.2) is 5.78 Å². The van der Waals surface area contributed by atoms with Crippen molar-refractivity contribution >= 4 is 5.78 Å². The average molecular weight is 162 g/mol. The first-order valence-electron chi connectivity index (χ1n) is 4.57. The van der Waals surface area contributed by atoms with Crippen molar-refractivity contribution in [2.75, 3.05) is 0 Å². The zero-order valence-corrected chi connectivity index (χ0v) is 7.52. The smallest absolute Gasteiger partial charge is 0.231 e. The van der Waals surface area contributed by atoms with Gasteiger partial charge in [0.15, 0.2) is 0 Å². The molecule has 0 amide bonds. The number of hydrogen-bond donors (Lipinski definition) is 0. The molecule has 0 aromatic rings. The van der Waals surface area contributed by atoms with E-state index in [0.717, 1.165) is 37.7 Å². The van der Waals surface area contributed by atoms with E-state index < -0.39 is 0 Å². The van der Waals surface area contributed by atoms with Gasteiger partial charge in [0.2, 0.25) is 5.78 Å². The maximum absolute atomic E-state index is 11.3. The van der Waals surface area contributed by atoms with Crippen molar-refractivity contribution in [3.8, 4) is 11.8 Å². The summed E-state index contributed by atoms with van der Waals surface area (Å²) in [4.78, 5) is 11.3. The monoisotopic (exact) mass is 162 g/mol. The molecule has 0 radical (unpaired) electrons. The standard InChI is InChI=1S/C11H14O/c1-2-3-4-9-11(12)10-7-5-6-8-10/h7H,2-3,5-6,8H2,1H3. The highest BCUT2D eigenvalue weighted by Crippen LogP contribution is 2.17. The van der Waals surface area contributed by atoms with Crippen molar-refractivity contribution in [2.24, 2.45) is 0 Å². The minimum atomic E-state index is 0.0425. The summed E-state index contributed by atoms with van der Waals surface area (Å²) in [5, 5.41) is 0. The van der Waals surface area contributed by atoms with Gasteiger partial charge in [-0.05, 0) is 31.6 Å². The minimum absolute atomic E-state index is 0.0425. The number of unbranched alkanes of at least 4 members (excludes halogenated alkanes) is 1. The zero-order chi connectivity index (χ0) is 8.81. The van der Waals surface area contributed by atoms with Gasteiger partial charge in [-0.3, -0.25) is 4.79 Å². The van der Waals surface area contributed by atoms with E-state index in [1.165, 1.54) is 0 Å². The highest BCUT2D eigenvalue weighted by Gasteiger charge is 2.09. The maximum Gasteiger partial charge on any atom is 0.231 e. The summed E-state index contributed by atoms with van der Waals surface area (Å²) in [6.45, 7) is 2.06. The molecule has 1 aliphatic carbocycles. The number of ketones is 1. The predicted molar refractivity (Wildman–Crippen MR) is 49.6 cm³/mol. The molecule has 12 heavy (non-hydrogen) atoms. The quantitative estimate of drug-likeness (QED) is 0.450. The van der Waals surface area contributed by atoms with Gasteiger partial charge in [0.05, 0.1) is 0 Å². The number of Topliss-reactive ketones (excluding diaryl/α,β-unsaturated/α-hetero) is 1. The molecule has 1 nitrogen and oxygen atoms in total. The van der Waals surface area contributed by atoms with Gasteiger partial charge in [-0.25, -0.2) is 0 Å². The van der Waals surface area contributed by atoms with Gasteiger partial charge in [-0.2, -0.15) is 0 Å². The summed E-state index contributed by atoms with van der Waals surface area (Å²) in [6, 6.07) is 0. The average Bonchev–Trinajstić information content (AvgIpc) is 2.56. The van der Waals surface area contributed by atoms with Crippen molar-refractivity contribution < 1.29 is 4.79 Å². The lowest BCUT2D eigenvalue weighted by atomic mass is 10.1. The van der Waals surface area contributed by atoms with Crippen LogP contribution in [0.15, 0.2) is 11.6 Å². The SMILES string of the molecule is CCCC#CC(=O)C1=CCCC1. The summed E-state index contributed by atoms with van der Waals surface area (Å²) in [6.07, 6.45) is 6.98. The molecule has 1 aliphatic rings. The van der Waals surface area contributed by atoms with Gasteiger partial charge >= 0.3 is 0 Å².